The molecule has 2 atom stereocenters. The third-order valence-corrected chi connectivity index (χ3v) is 4.04. The average Bonchev–Trinajstić information content (AvgIpc) is 2.76. The second-order valence-electron chi connectivity index (χ2n) is 5.07. The third-order valence-electron chi connectivity index (χ3n) is 4.04. The molecule has 0 saturated heterocycles. The van der Waals surface area contributed by atoms with Gasteiger partial charge in [-0.15, -0.1) is 0 Å². The van der Waals surface area contributed by atoms with Crippen molar-refractivity contribution < 1.29 is 9.90 Å². The molecule has 1 aromatic rings. The van der Waals surface area contributed by atoms with Crippen molar-refractivity contribution in [3.63, 3.8) is 0 Å². The Bertz CT molecular complexity index is 488. The van der Waals surface area contributed by atoms with E-state index in [0.717, 1.165) is 24.8 Å². The van der Waals surface area contributed by atoms with Crippen LogP contribution in [0.4, 0.5) is 0 Å². The molecule has 0 amide bonds. The van der Waals surface area contributed by atoms with Crippen LogP contribution in [0.5, 0.6) is 5.75 Å². The van der Waals surface area contributed by atoms with E-state index in [4.69, 9.17) is 0 Å². The van der Waals surface area contributed by atoms with E-state index in [1.807, 2.05) is 12.1 Å². The zero-order valence-corrected chi connectivity index (χ0v) is 9.73. The van der Waals surface area contributed by atoms with E-state index in [1.165, 1.54) is 5.56 Å². The molecule has 17 heavy (non-hydrogen) atoms. The van der Waals surface area contributed by atoms with E-state index >= 15 is 0 Å². The van der Waals surface area contributed by atoms with Gasteiger partial charge in [-0.05, 0) is 36.3 Å². The maximum Gasteiger partial charge on any atom is 0.133 e. The van der Waals surface area contributed by atoms with Crippen LogP contribution in [-0.4, -0.2) is 10.9 Å². The van der Waals surface area contributed by atoms with Gasteiger partial charge >= 0.3 is 0 Å². The fourth-order valence-electron chi connectivity index (χ4n) is 3.17. The van der Waals surface area contributed by atoms with Gasteiger partial charge in [-0.25, -0.2) is 0 Å². The Labute approximate surface area is 101 Å². The molecule has 1 saturated carbocycles. The molecular weight excluding hydrogens is 212 g/mol. The average molecular weight is 228 g/mol. The van der Waals surface area contributed by atoms with Gasteiger partial charge in [-0.3, -0.25) is 4.79 Å². The molecule has 0 aliphatic heterocycles. The van der Waals surface area contributed by atoms with Crippen LogP contribution in [0.1, 0.15) is 42.7 Å². The van der Waals surface area contributed by atoms with Crippen LogP contribution in [0.3, 0.4) is 0 Å². The van der Waals surface area contributed by atoms with Crippen molar-refractivity contribution in [1.29, 1.82) is 0 Å². The molecule has 88 valence electrons. The van der Waals surface area contributed by atoms with Gasteiger partial charge in [0.15, 0.2) is 0 Å². The normalized spacial score (nSPS) is 27.2. The summed E-state index contributed by atoms with van der Waals surface area (Å²) in [4.78, 5) is 11.4. The molecule has 0 aromatic heterocycles. The summed E-state index contributed by atoms with van der Waals surface area (Å²) in [7, 11) is 0. The quantitative estimate of drug-likeness (QED) is 0.801. The number of phenolic OH excluding ortho intramolecular Hbond substituents is 1. The minimum absolute atomic E-state index is 0.354. The Morgan fingerprint density at radius 2 is 2.18 bits per heavy atom. The summed E-state index contributed by atoms with van der Waals surface area (Å²) >= 11 is 0. The summed E-state index contributed by atoms with van der Waals surface area (Å²) in [5, 5.41) is 9.85. The van der Waals surface area contributed by atoms with Crippen LogP contribution in [-0.2, 0) is 4.79 Å². The number of rotatable bonds is 1. The number of allylic oxidation sites excluding steroid dienone is 1. The molecule has 0 radical (unpaired) electrons. The maximum absolute atomic E-state index is 11.4. The summed E-state index contributed by atoms with van der Waals surface area (Å²) in [6.07, 6.45) is 7.57. The lowest BCUT2D eigenvalue weighted by Crippen LogP contribution is -2.13. The maximum atomic E-state index is 11.4. The highest BCUT2D eigenvalue weighted by Gasteiger charge is 2.32. The van der Waals surface area contributed by atoms with Crippen LogP contribution in [0.2, 0.25) is 0 Å². The highest BCUT2D eigenvalue weighted by molar-refractivity contribution is 5.81. The molecule has 1 fully saturated rings. The highest BCUT2D eigenvalue weighted by atomic mass is 16.3. The number of aromatic hydroxyl groups is 1. The number of Topliss-reactive ketones (excluding diaryl/α,β-unsaturated/α-hetero) is 1. The van der Waals surface area contributed by atoms with Gasteiger partial charge in [0, 0.05) is 18.4 Å². The van der Waals surface area contributed by atoms with Crippen molar-refractivity contribution >= 4 is 11.9 Å². The van der Waals surface area contributed by atoms with Crippen molar-refractivity contribution in [3.8, 4) is 5.75 Å². The minimum Gasteiger partial charge on any atom is -0.507 e. The second-order valence-corrected chi connectivity index (χ2v) is 5.07. The number of hydrogen-bond acceptors (Lipinski definition) is 2. The first-order chi connectivity index (χ1) is 8.25. The van der Waals surface area contributed by atoms with E-state index < -0.39 is 0 Å². The molecule has 0 bridgehead atoms. The summed E-state index contributed by atoms with van der Waals surface area (Å²) in [5.41, 5.74) is 2.16. The van der Waals surface area contributed by atoms with E-state index in [0.29, 0.717) is 29.8 Å². The number of ketones is 1. The standard InChI is InChI=1S/C15H16O2/c16-11-8-7-10(9-11)12-3-1-5-14-13(12)4-2-6-15(14)17/h1-2,4-6,10,12,17H,3,7-9H2. The number of carbonyl (C=O) groups excluding carboxylic acids is 1. The molecule has 2 aliphatic rings. The largest absolute Gasteiger partial charge is 0.507 e. The first kappa shape index (κ1) is 10.6. The number of carbonyl (C=O) groups is 1. The fourth-order valence-corrected chi connectivity index (χ4v) is 3.17. The predicted octanol–water partition coefficient (Wildman–Crippen LogP) is 3.26. The second kappa shape index (κ2) is 4.02. The Kier molecular flexibility index (Phi) is 2.50. The van der Waals surface area contributed by atoms with Crippen LogP contribution in [0.25, 0.3) is 6.08 Å². The Morgan fingerprint density at radius 3 is 2.94 bits per heavy atom. The van der Waals surface area contributed by atoms with Crippen molar-refractivity contribution in [2.75, 3.05) is 0 Å². The van der Waals surface area contributed by atoms with Crippen LogP contribution in [0.15, 0.2) is 24.3 Å². The van der Waals surface area contributed by atoms with Crippen molar-refractivity contribution in [2.24, 2.45) is 5.92 Å². The first-order valence-corrected chi connectivity index (χ1v) is 6.26. The zero-order chi connectivity index (χ0) is 11.8. The van der Waals surface area contributed by atoms with Gasteiger partial charge in [0.2, 0.25) is 0 Å². The molecule has 0 spiro atoms. The zero-order valence-electron chi connectivity index (χ0n) is 9.73. The molecule has 2 aliphatic carbocycles. The number of hydrogen-bond donors (Lipinski definition) is 1. The van der Waals surface area contributed by atoms with Gasteiger partial charge in [0.05, 0.1) is 0 Å². The van der Waals surface area contributed by atoms with Gasteiger partial charge in [-0.1, -0.05) is 24.3 Å². The molecule has 2 heteroatoms. The SMILES string of the molecule is O=C1CCC(C2CC=Cc3c(O)cccc32)C1. The van der Waals surface area contributed by atoms with Crippen LogP contribution >= 0.6 is 0 Å². The lowest BCUT2D eigenvalue weighted by Gasteiger charge is -2.27. The van der Waals surface area contributed by atoms with Gasteiger partial charge in [0.25, 0.3) is 0 Å². The molecular formula is C15H16O2. The topological polar surface area (TPSA) is 37.3 Å². The van der Waals surface area contributed by atoms with Crippen molar-refractivity contribution in [2.45, 2.75) is 31.6 Å². The van der Waals surface area contributed by atoms with Gasteiger partial charge < -0.3 is 5.11 Å². The Hall–Kier alpha value is -1.57. The smallest absolute Gasteiger partial charge is 0.133 e. The summed E-state index contributed by atoms with van der Waals surface area (Å²) in [5.74, 6) is 1.63. The third kappa shape index (κ3) is 1.78. The van der Waals surface area contributed by atoms with E-state index in [1.54, 1.807) is 6.07 Å². The predicted molar refractivity (Wildman–Crippen MR) is 66.8 cm³/mol. The molecule has 3 rings (SSSR count). The number of benzene rings is 1. The molecule has 1 N–H and O–H groups in total. The van der Waals surface area contributed by atoms with E-state index in [-0.39, 0.29) is 0 Å². The summed E-state index contributed by atoms with van der Waals surface area (Å²) in [6, 6.07) is 5.72. The van der Waals surface area contributed by atoms with Crippen molar-refractivity contribution in [3.05, 3.63) is 35.4 Å². The van der Waals surface area contributed by atoms with Crippen LogP contribution in [0, 0.1) is 5.92 Å². The van der Waals surface area contributed by atoms with Crippen molar-refractivity contribution in [1.82, 2.24) is 0 Å². The summed E-state index contributed by atoms with van der Waals surface area (Å²) < 4.78 is 0. The Morgan fingerprint density at radius 1 is 1.29 bits per heavy atom. The highest BCUT2D eigenvalue weighted by Crippen LogP contribution is 2.43. The molecule has 1 aromatic carbocycles. The molecule has 0 heterocycles. The van der Waals surface area contributed by atoms with E-state index in [2.05, 4.69) is 12.1 Å². The number of fused-ring (bicyclic) bond motifs is 1. The summed E-state index contributed by atoms with van der Waals surface area (Å²) in [6.45, 7) is 0. The monoisotopic (exact) mass is 228 g/mol. The first-order valence-electron chi connectivity index (χ1n) is 6.26. The lowest BCUT2D eigenvalue weighted by atomic mass is 9.77. The molecule has 2 unspecified atom stereocenters. The van der Waals surface area contributed by atoms with Gasteiger partial charge in [0.1, 0.15) is 11.5 Å². The lowest BCUT2D eigenvalue weighted by molar-refractivity contribution is -0.117. The fraction of sp³-hybridized carbons (Fsp3) is 0.400. The Balaban J connectivity index is 1.97. The molecule has 2 nitrogen and oxygen atoms in total. The van der Waals surface area contributed by atoms with Crippen LogP contribution < -0.4 is 0 Å². The minimum atomic E-state index is 0.354. The van der Waals surface area contributed by atoms with E-state index in [9.17, 15) is 9.90 Å². The number of phenols is 1. The van der Waals surface area contributed by atoms with Gasteiger partial charge in [-0.2, -0.15) is 0 Å².